The molecule has 0 saturated heterocycles. The minimum Gasteiger partial charge on any atom is -0.469 e. The highest BCUT2D eigenvalue weighted by Gasteiger charge is 1.99. The average Bonchev–Trinajstić information content (AvgIpc) is 3.01. The lowest BCUT2D eigenvalue weighted by Gasteiger charge is -1.99. The number of hydrogen-bond donors (Lipinski definition) is 0. The summed E-state index contributed by atoms with van der Waals surface area (Å²) in [4.78, 5) is 21.8. The first-order chi connectivity index (χ1) is 20.6. The second-order valence-electron chi connectivity index (χ2n) is 11.1. The highest BCUT2D eigenvalue weighted by atomic mass is 16.5. The molecule has 0 heterocycles. The number of allylic oxidation sites excluding steroid dienone is 8. The number of rotatable bonds is 28. The minimum atomic E-state index is -0.0827. The molecule has 0 aliphatic heterocycles. The molecule has 0 radical (unpaired) electrons. The number of carbonyl (C=O) groups is 2. The third kappa shape index (κ3) is 40.0. The van der Waals surface area contributed by atoms with E-state index in [1.807, 2.05) is 0 Å². The van der Waals surface area contributed by atoms with Crippen LogP contribution in [0.3, 0.4) is 0 Å². The van der Waals surface area contributed by atoms with Crippen molar-refractivity contribution in [3.05, 3.63) is 48.6 Å². The summed E-state index contributed by atoms with van der Waals surface area (Å²) in [6.45, 7) is 4.48. The van der Waals surface area contributed by atoms with Gasteiger partial charge in [0.15, 0.2) is 0 Å². The Morgan fingerprint density at radius 2 is 0.690 bits per heavy atom. The number of ether oxygens (including phenoxy) is 2. The Labute approximate surface area is 261 Å². The van der Waals surface area contributed by atoms with Gasteiger partial charge >= 0.3 is 11.9 Å². The summed E-state index contributed by atoms with van der Waals surface area (Å²) >= 11 is 0. The van der Waals surface area contributed by atoms with Crippen molar-refractivity contribution in [2.45, 2.75) is 168 Å². The predicted molar refractivity (Wildman–Crippen MR) is 183 cm³/mol. The smallest absolute Gasteiger partial charge is 0.305 e. The van der Waals surface area contributed by atoms with E-state index in [-0.39, 0.29) is 11.9 Å². The molecule has 0 unspecified atom stereocenters. The van der Waals surface area contributed by atoms with E-state index in [1.54, 1.807) is 0 Å². The van der Waals surface area contributed by atoms with Gasteiger partial charge in [0.2, 0.25) is 0 Å². The van der Waals surface area contributed by atoms with Gasteiger partial charge in [-0.1, -0.05) is 127 Å². The van der Waals surface area contributed by atoms with Crippen LogP contribution in [0.4, 0.5) is 0 Å². The standard InChI is InChI=1S/2C19H34O2/c2*1-3-4-5-6-7-8-9-10-11-12-13-14-15-16-17-18-19(20)21-2/h2*7-8,10-11H,3-6,9,12-18H2,1-2H3/b2*8-7-,11-10-. The summed E-state index contributed by atoms with van der Waals surface area (Å²) in [5.74, 6) is -0.165. The van der Waals surface area contributed by atoms with Gasteiger partial charge in [-0.2, -0.15) is 0 Å². The Kier molecular flexibility index (Phi) is 38.9. The average molecular weight is 589 g/mol. The van der Waals surface area contributed by atoms with Crippen LogP contribution in [0.1, 0.15) is 168 Å². The van der Waals surface area contributed by atoms with E-state index in [2.05, 4.69) is 71.9 Å². The van der Waals surface area contributed by atoms with E-state index < -0.39 is 0 Å². The zero-order chi connectivity index (χ0) is 31.2. The quantitative estimate of drug-likeness (QED) is 0.0518. The van der Waals surface area contributed by atoms with Crippen molar-refractivity contribution in [2.24, 2.45) is 0 Å². The first kappa shape index (κ1) is 42.0. The first-order valence-corrected chi connectivity index (χ1v) is 17.4. The maximum absolute atomic E-state index is 10.9. The summed E-state index contributed by atoms with van der Waals surface area (Å²) in [7, 11) is 2.91. The van der Waals surface area contributed by atoms with Crippen LogP contribution in [0.15, 0.2) is 48.6 Å². The van der Waals surface area contributed by atoms with Crippen LogP contribution in [0.5, 0.6) is 0 Å². The van der Waals surface area contributed by atoms with Crippen molar-refractivity contribution in [3.8, 4) is 0 Å². The molecule has 0 spiro atoms. The lowest BCUT2D eigenvalue weighted by atomic mass is 10.1. The van der Waals surface area contributed by atoms with Crippen molar-refractivity contribution < 1.29 is 19.1 Å². The zero-order valence-electron chi connectivity index (χ0n) is 28.2. The highest BCUT2D eigenvalue weighted by molar-refractivity contribution is 5.69. The van der Waals surface area contributed by atoms with E-state index in [4.69, 9.17) is 0 Å². The van der Waals surface area contributed by atoms with Crippen LogP contribution in [-0.2, 0) is 19.1 Å². The predicted octanol–water partition coefficient (Wildman–Crippen LogP) is 11.9. The maximum atomic E-state index is 10.9. The highest BCUT2D eigenvalue weighted by Crippen LogP contribution is 2.10. The van der Waals surface area contributed by atoms with Crippen molar-refractivity contribution in [1.82, 2.24) is 0 Å². The summed E-state index contributed by atoms with van der Waals surface area (Å²) in [5.41, 5.74) is 0. The molecule has 4 heteroatoms. The Hall–Kier alpha value is -2.10. The summed E-state index contributed by atoms with van der Waals surface area (Å²) in [5, 5.41) is 0. The SMILES string of the molecule is CCCCC/C=C\C/C=C\CCCCCCCC(=O)OC.CCCCC/C=C\C/C=C\CCCCCCCC(=O)OC. The Bertz CT molecular complexity index is 617. The summed E-state index contributed by atoms with van der Waals surface area (Å²) < 4.78 is 9.23. The molecule has 0 aromatic rings. The molecular formula is C38H68O4. The largest absolute Gasteiger partial charge is 0.469 e. The molecule has 0 amide bonds. The zero-order valence-corrected chi connectivity index (χ0v) is 28.2. The summed E-state index contributed by atoms with van der Waals surface area (Å²) in [6.07, 6.45) is 46.1. The van der Waals surface area contributed by atoms with Crippen molar-refractivity contribution in [2.75, 3.05) is 14.2 Å². The number of unbranched alkanes of at least 4 members (excludes halogenated alkanes) is 16. The normalized spacial score (nSPS) is 11.5. The Balaban J connectivity index is 0. The van der Waals surface area contributed by atoms with E-state index in [0.29, 0.717) is 12.8 Å². The minimum absolute atomic E-state index is 0.0827. The van der Waals surface area contributed by atoms with Crippen LogP contribution in [0.2, 0.25) is 0 Å². The van der Waals surface area contributed by atoms with Crippen molar-refractivity contribution in [3.63, 3.8) is 0 Å². The van der Waals surface area contributed by atoms with Crippen LogP contribution in [0.25, 0.3) is 0 Å². The molecule has 0 saturated carbocycles. The molecule has 0 N–H and O–H groups in total. The van der Waals surface area contributed by atoms with E-state index in [0.717, 1.165) is 38.5 Å². The number of hydrogen-bond acceptors (Lipinski definition) is 4. The lowest BCUT2D eigenvalue weighted by Crippen LogP contribution is -1.98. The molecule has 0 bridgehead atoms. The number of carbonyl (C=O) groups excluding carboxylic acids is 2. The van der Waals surface area contributed by atoms with Crippen LogP contribution in [0, 0.1) is 0 Å². The van der Waals surface area contributed by atoms with Gasteiger partial charge in [0, 0.05) is 12.8 Å². The van der Waals surface area contributed by atoms with Gasteiger partial charge in [0.1, 0.15) is 0 Å². The number of methoxy groups -OCH3 is 2. The van der Waals surface area contributed by atoms with Gasteiger partial charge in [0.05, 0.1) is 14.2 Å². The molecule has 0 aliphatic carbocycles. The van der Waals surface area contributed by atoms with Crippen molar-refractivity contribution in [1.29, 1.82) is 0 Å². The van der Waals surface area contributed by atoms with Gasteiger partial charge in [-0.3, -0.25) is 9.59 Å². The topological polar surface area (TPSA) is 52.6 Å². The Morgan fingerprint density at radius 3 is 1.00 bits per heavy atom. The van der Waals surface area contributed by atoms with Gasteiger partial charge in [-0.15, -0.1) is 0 Å². The monoisotopic (exact) mass is 589 g/mol. The van der Waals surface area contributed by atoms with Crippen LogP contribution >= 0.6 is 0 Å². The molecule has 0 atom stereocenters. The molecule has 0 aliphatic rings. The molecule has 4 nitrogen and oxygen atoms in total. The molecule has 0 aromatic carbocycles. The summed E-state index contributed by atoms with van der Waals surface area (Å²) in [6, 6.07) is 0. The van der Waals surface area contributed by atoms with Crippen LogP contribution in [-0.4, -0.2) is 26.2 Å². The molecule has 0 fully saturated rings. The van der Waals surface area contributed by atoms with Gasteiger partial charge in [-0.05, 0) is 77.0 Å². The molecule has 0 aromatic heterocycles. The third-order valence-electron chi connectivity index (χ3n) is 7.12. The van der Waals surface area contributed by atoms with Gasteiger partial charge < -0.3 is 9.47 Å². The second kappa shape index (κ2) is 38.9. The molecule has 42 heavy (non-hydrogen) atoms. The van der Waals surface area contributed by atoms with E-state index >= 15 is 0 Å². The second-order valence-corrected chi connectivity index (χ2v) is 11.1. The van der Waals surface area contributed by atoms with Crippen molar-refractivity contribution >= 4 is 11.9 Å². The van der Waals surface area contributed by atoms with E-state index in [1.165, 1.54) is 117 Å². The lowest BCUT2D eigenvalue weighted by molar-refractivity contribution is -0.141. The van der Waals surface area contributed by atoms with Gasteiger partial charge in [-0.25, -0.2) is 0 Å². The molecule has 244 valence electrons. The fourth-order valence-electron chi connectivity index (χ4n) is 4.37. The van der Waals surface area contributed by atoms with Gasteiger partial charge in [0.25, 0.3) is 0 Å². The Morgan fingerprint density at radius 1 is 0.405 bits per heavy atom. The molecular weight excluding hydrogens is 520 g/mol. The fraction of sp³-hybridized carbons (Fsp3) is 0.737. The maximum Gasteiger partial charge on any atom is 0.305 e. The number of esters is 2. The first-order valence-electron chi connectivity index (χ1n) is 17.4. The van der Waals surface area contributed by atoms with Crippen LogP contribution < -0.4 is 0 Å². The third-order valence-corrected chi connectivity index (χ3v) is 7.12. The fourth-order valence-corrected chi connectivity index (χ4v) is 4.37. The molecule has 0 rings (SSSR count). The van der Waals surface area contributed by atoms with E-state index in [9.17, 15) is 9.59 Å².